The van der Waals surface area contributed by atoms with E-state index in [0.717, 1.165) is 13.1 Å². The Labute approximate surface area is 58.2 Å². The highest BCUT2D eigenvalue weighted by Crippen LogP contribution is 1.82. The Kier molecular flexibility index (Phi) is 5.99. The largest absolute Gasteiger partial charge is 0.255 e. The molecule has 0 saturated heterocycles. The summed E-state index contributed by atoms with van der Waals surface area (Å²) in [4.78, 5) is 0. The van der Waals surface area contributed by atoms with Crippen molar-refractivity contribution in [3.63, 3.8) is 0 Å². The Bertz CT molecular complexity index is 54.9. The van der Waals surface area contributed by atoms with Gasteiger partial charge in [-0.3, -0.25) is 5.43 Å². The van der Waals surface area contributed by atoms with Crippen LogP contribution in [0.5, 0.6) is 0 Å². The number of unbranched alkanes of at least 4 members (excludes halogenated alkanes) is 1. The van der Waals surface area contributed by atoms with Gasteiger partial charge < -0.3 is 0 Å². The fraction of sp³-hybridized carbons (Fsp3) is 1.00. The van der Waals surface area contributed by atoms with E-state index < -0.39 is 0 Å². The molecule has 2 nitrogen and oxygen atoms in total. The number of nitrogens with one attached hydrogen (secondary N) is 1. The molecule has 1 N–H and O–H groups in total. The van der Waals surface area contributed by atoms with Crippen LogP contribution in [0.4, 0.5) is 0 Å². The average Bonchev–Trinajstić information content (AvgIpc) is 1.89. The van der Waals surface area contributed by atoms with E-state index in [4.69, 9.17) is 0 Å². The molecule has 2 heteroatoms. The molecular weight excluding hydrogens is 112 g/mol. The summed E-state index contributed by atoms with van der Waals surface area (Å²) in [7, 11) is 2.07. The van der Waals surface area contributed by atoms with E-state index in [1.54, 1.807) is 0 Å². The van der Waals surface area contributed by atoms with E-state index in [-0.39, 0.29) is 0 Å². The second-order valence-electron chi connectivity index (χ2n) is 2.28. The lowest BCUT2D eigenvalue weighted by molar-refractivity contribution is 0.246. The van der Waals surface area contributed by atoms with Crippen LogP contribution in [-0.2, 0) is 0 Å². The Morgan fingerprint density at radius 3 is 2.44 bits per heavy atom. The topological polar surface area (TPSA) is 15.3 Å². The van der Waals surface area contributed by atoms with Crippen LogP contribution in [0.25, 0.3) is 0 Å². The maximum Gasteiger partial charge on any atom is 0.0102 e. The maximum absolute atomic E-state index is 3.27. The Balaban J connectivity index is 2.88. The first-order valence-corrected chi connectivity index (χ1v) is 3.75. The van der Waals surface area contributed by atoms with Gasteiger partial charge >= 0.3 is 0 Å². The normalized spacial score (nSPS) is 10.7. The van der Waals surface area contributed by atoms with Gasteiger partial charge in [0.05, 0.1) is 0 Å². The second kappa shape index (κ2) is 6.05. The van der Waals surface area contributed by atoms with Gasteiger partial charge in [-0.15, -0.1) is 0 Å². The summed E-state index contributed by atoms with van der Waals surface area (Å²) >= 11 is 0. The lowest BCUT2D eigenvalue weighted by atomic mass is 10.3. The molecular formula is C7H18N2. The van der Waals surface area contributed by atoms with Gasteiger partial charge in [0.1, 0.15) is 0 Å². The van der Waals surface area contributed by atoms with Gasteiger partial charge in [0, 0.05) is 20.1 Å². The van der Waals surface area contributed by atoms with Crippen molar-refractivity contribution in [3.8, 4) is 0 Å². The highest BCUT2D eigenvalue weighted by molar-refractivity contribution is 4.40. The smallest absolute Gasteiger partial charge is 0.0102 e. The van der Waals surface area contributed by atoms with Crippen LogP contribution < -0.4 is 5.43 Å². The standard InChI is InChI=1S/C7H18N2/c1-4-6-7-8-9(3)5-2/h8H,4-7H2,1-3H3. The number of hydrogen-bond acceptors (Lipinski definition) is 2. The van der Waals surface area contributed by atoms with Crippen molar-refractivity contribution in [1.82, 2.24) is 10.4 Å². The second-order valence-corrected chi connectivity index (χ2v) is 2.28. The van der Waals surface area contributed by atoms with Gasteiger partial charge in [0.2, 0.25) is 0 Å². The lowest BCUT2D eigenvalue weighted by Crippen LogP contribution is -2.34. The molecule has 0 atom stereocenters. The number of nitrogens with zero attached hydrogens (tertiary/aromatic N) is 1. The molecule has 0 bridgehead atoms. The molecule has 0 heterocycles. The van der Waals surface area contributed by atoms with E-state index in [9.17, 15) is 0 Å². The first-order chi connectivity index (χ1) is 4.31. The van der Waals surface area contributed by atoms with Crippen LogP contribution in [0.3, 0.4) is 0 Å². The summed E-state index contributed by atoms with van der Waals surface area (Å²) < 4.78 is 0. The molecule has 0 fully saturated rings. The van der Waals surface area contributed by atoms with Crippen LogP contribution in [0.1, 0.15) is 26.7 Å². The predicted molar refractivity (Wildman–Crippen MR) is 41.2 cm³/mol. The van der Waals surface area contributed by atoms with E-state index in [2.05, 4.69) is 31.3 Å². The highest BCUT2D eigenvalue weighted by atomic mass is 15.5. The van der Waals surface area contributed by atoms with Gasteiger partial charge in [-0.2, -0.15) is 0 Å². The Hall–Kier alpha value is -0.0800. The summed E-state index contributed by atoms with van der Waals surface area (Å²) in [6.45, 7) is 6.52. The zero-order valence-corrected chi connectivity index (χ0v) is 6.78. The molecule has 9 heavy (non-hydrogen) atoms. The van der Waals surface area contributed by atoms with Crippen LogP contribution in [-0.4, -0.2) is 25.1 Å². The molecule has 0 aliphatic carbocycles. The third-order valence-corrected chi connectivity index (χ3v) is 1.39. The summed E-state index contributed by atoms with van der Waals surface area (Å²) in [5.74, 6) is 0. The van der Waals surface area contributed by atoms with Crippen molar-refractivity contribution >= 4 is 0 Å². The van der Waals surface area contributed by atoms with Crippen molar-refractivity contribution in [2.45, 2.75) is 26.7 Å². The summed E-state index contributed by atoms with van der Waals surface area (Å²) in [5, 5.41) is 2.11. The minimum absolute atomic E-state index is 1.07. The zero-order chi connectivity index (χ0) is 7.11. The number of hydrazine groups is 1. The van der Waals surface area contributed by atoms with Gasteiger partial charge in [-0.1, -0.05) is 20.3 Å². The van der Waals surface area contributed by atoms with E-state index in [1.807, 2.05) is 0 Å². The first-order valence-electron chi connectivity index (χ1n) is 3.75. The third kappa shape index (κ3) is 5.80. The Morgan fingerprint density at radius 2 is 2.00 bits per heavy atom. The summed E-state index contributed by atoms with van der Waals surface area (Å²) in [5.41, 5.74) is 3.27. The van der Waals surface area contributed by atoms with E-state index >= 15 is 0 Å². The van der Waals surface area contributed by atoms with Crippen molar-refractivity contribution < 1.29 is 0 Å². The predicted octanol–water partition coefficient (Wildman–Crippen LogP) is 1.24. The highest BCUT2D eigenvalue weighted by Gasteiger charge is 1.88. The number of hydrogen-bond donors (Lipinski definition) is 1. The fourth-order valence-electron chi connectivity index (χ4n) is 0.558. The van der Waals surface area contributed by atoms with Crippen molar-refractivity contribution in [2.24, 2.45) is 0 Å². The minimum Gasteiger partial charge on any atom is -0.255 e. The lowest BCUT2D eigenvalue weighted by Gasteiger charge is -2.14. The monoisotopic (exact) mass is 130 g/mol. The Morgan fingerprint density at radius 1 is 1.33 bits per heavy atom. The molecule has 0 aromatic carbocycles. The van der Waals surface area contributed by atoms with Crippen LogP contribution in [0.15, 0.2) is 0 Å². The van der Waals surface area contributed by atoms with Crippen molar-refractivity contribution in [3.05, 3.63) is 0 Å². The molecule has 0 spiro atoms. The van der Waals surface area contributed by atoms with Crippen molar-refractivity contribution in [2.75, 3.05) is 20.1 Å². The molecule has 56 valence electrons. The quantitative estimate of drug-likeness (QED) is 0.445. The average molecular weight is 130 g/mol. The molecule has 0 unspecified atom stereocenters. The van der Waals surface area contributed by atoms with Crippen LogP contribution in [0, 0.1) is 0 Å². The SMILES string of the molecule is CCCCNN(C)CC. The summed E-state index contributed by atoms with van der Waals surface area (Å²) in [6.07, 6.45) is 2.54. The van der Waals surface area contributed by atoms with E-state index in [1.165, 1.54) is 12.8 Å². The van der Waals surface area contributed by atoms with Crippen LogP contribution in [0.2, 0.25) is 0 Å². The van der Waals surface area contributed by atoms with Crippen LogP contribution >= 0.6 is 0 Å². The number of rotatable bonds is 5. The summed E-state index contributed by atoms with van der Waals surface area (Å²) in [6, 6.07) is 0. The molecule has 0 aromatic rings. The van der Waals surface area contributed by atoms with Gasteiger partial charge in [0.25, 0.3) is 0 Å². The molecule has 0 saturated carbocycles. The molecule has 0 radical (unpaired) electrons. The zero-order valence-electron chi connectivity index (χ0n) is 6.78. The third-order valence-electron chi connectivity index (χ3n) is 1.39. The molecule has 0 rings (SSSR count). The molecule has 0 amide bonds. The molecule has 0 aliphatic rings. The van der Waals surface area contributed by atoms with Gasteiger partial charge in [-0.05, 0) is 6.42 Å². The minimum atomic E-state index is 1.07. The fourth-order valence-corrected chi connectivity index (χ4v) is 0.558. The van der Waals surface area contributed by atoms with Gasteiger partial charge in [-0.25, -0.2) is 5.01 Å². The first kappa shape index (κ1) is 8.92. The van der Waals surface area contributed by atoms with E-state index in [0.29, 0.717) is 0 Å². The maximum atomic E-state index is 3.27. The molecule has 0 aromatic heterocycles. The van der Waals surface area contributed by atoms with Gasteiger partial charge in [0.15, 0.2) is 0 Å². The molecule has 0 aliphatic heterocycles. The van der Waals surface area contributed by atoms with Crippen molar-refractivity contribution in [1.29, 1.82) is 0 Å².